The van der Waals surface area contributed by atoms with Crippen LogP contribution in [0, 0.1) is 0 Å². The molecule has 1 rings (SSSR count). The number of amides is 1. The fourth-order valence-electron chi connectivity index (χ4n) is 1.15. The predicted octanol–water partition coefficient (Wildman–Crippen LogP) is 3.34. The fourth-order valence-corrected chi connectivity index (χ4v) is 1.46. The maximum atomic E-state index is 12.0. The SMILES string of the molecule is CC(Br)C(C)(C)NC(=O)c1cc(O)ccc1Cl. The molecule has 0 aliphatic heterocycles. The third kappa shape index (κ3) is 3.61. The molecule has 0 heterocycles. The van der Waals surface area contributed by atoms with Crippen molar-refractivity contribution in [2.45, 2.75) is 31.1 Å². The molecule has 0 radical (unpaired) electrons. The zero-order valence-electron chi connectivity index (χ0n) is 9.92. The summed E-state index contributed by atoms with van der Waals surface area (Å²) < 4.78 is 0. The van der Waals surface area contributed by atoms with Gasteiger partial charge in [0.05, 0.1) is 10.6 Å². The molecule has 5 heteroatoms. The van der Waals surface area contributed by atoms with Crippen molar-refractivity contribution in [1.29, 1.82) is 0 Å². The van der Waals surface area contributed by atoms with Gasteiger partial charge in [-0.1, -0.05) is 34.5 Å². The monoisotopic (exact) mass is 319 g/mol. The third-order valence-electron chi connectivity index (χ3n) is 2.62. The molecule has 3 nitrogen and oxygen atoms in total. The first-order valence-electron chi connectivity index (χ1n) is 5.19. The van der Waals surface area contributed by atoms with Gasteiger partial charge in [-0.05, 0) is 32.0 Å². The van der Waals surface area contributed by atoms with E-state index in [0.29, 0.717) is 5.02 Å². The topological polar surface area (TPSA) is 49.3 Å². The Morgan fingerprint density at radius 1 is 1.53 bits per heavy atom. The smallest absolute Gasteiger partial charge is 0.253 e. The average Bonchev–Trinajstić information content (AvgIpc) is 2.20. The zero-order valence-corrected chi connectivity index (χ0v) is 12.3. The number of alkyl halides is 1. The van der Waals surface area contributed by atoms with Crippen LogP contribution in [-0.2, 0) is 0 Å². The molecule has 1 amide bonds. The average molecular weight is 321 g/mol. The van der Waals surface area contributed by atoms with Crippen LogP contribution < -0.4 is 5.32 Å². The number of rotatable bonds is 3. The number of hydrogen-bond donors (Lipinski definition) is 2. The van der Waals surface area contributed by atoms with Gasteiger partial charge in [-0.3, -0.25) is 4.79 Å². The number of carbonyl (C=O) groups excluding carboxylic acids is 1. The van der Waals surface area contributed by atoms with Crippen molar-refractivity contribution in [2.75, 3.05) is 0 Å². The molecule has 0 aromatic heterocycles. The highest BCUT2D eigenvalue weighted by molar-refractivity contribution is 9.09. The van der Waals surface area contributed by atoms with Gasteiger partial charge in [0.1, 0.15) is 5.75 Å². The minimum absolute atomic E-state index is 0.0178. The Morgan fingerprint density at radius 3 is 2.65 bits per heavy atom. The summed E-state index contributed by atoms with van der Waals surface area (Å²) in [6.07, 6.45) is 0. The Bertz CT molecular complexity index is 433. The molecular weight excluding hydrogens is 305 g/mol. The van der Waals surface area contributed by atoms with Crippen LogP contribution in [0.2, 0.25) is 5.02 Å². The number of halogens is 2. The fraction of sp³-hybridized carbons (Fsp3) is 0.417. The second-order valence-corrected chi connectivity index (χ2v) is 6.24. The molecule has 0 spiro atoms. The maximum absolute atomic E-state index is 12.0. The summed E-state index contributed by atoms with van der Waals surface area (Å²) in [5.41, 5.74) is -0.140. The van der Waals surface area contributed by atoms with E-state index in [2.05, 4.69) is 21.2 Å². The van der Waals surface area contributed by atoms with Gasteiger partial charge in [0.15, 0.2) is 0 Å². The lowest BCUT2D eigenvalue weighted by Crippen LogP contribution is -2.48. The normalized spacial score (nSPS) is 13.2. The molecule has 2 N–H and O–H groups in total. The van der Waals surface area contributed by atoms with Crippen LogP contribution in [-0.4, -0.2) is 21.4 Å². The van der Waals surface area contributed by atoms with Crippen molar-refractivity contribution in [3.63, 3.8) is 0 Å². The van der Waals surface area contributed by atoms with Gasteiger partial charge in [0.2, 0.25) is 0 Å². The first-order valence-corrected chi connectivity index (χ1v) is 6.48. The van der Waals surface area contributed by atoms with Crippen LogP contribution in [0.4, 0.5) is 0 Å². The van der Waals surface area contributed by atoms with Crippen LogP contribution in [0.15, 0.2) is 18.2 Å². The van der Waals surface area contributed by atoms with Crippen LogP contribution in [0.1, 0.15) is 31.1 Å². The largest absolute Gasteiger partial charge is 0.508 e. The van der Waals surface area contributed by atoms with E-state index in [1.807, 2.05) is 20.8 Å². The summed E-state index contributed by atoms with van der Waals surface area (Å²) in [4.78, 5) is 12.1. The van der Waals surface area contributed by atoms with Crippen molar-refractivity contribution in [1.82, 2.24) is 5.32 Å². The van der Waals surface area contributed by atoms with Gasteiger partial charge >= 0.3 is 0 Å². The summed E-state index contributed by atoms with van der Waals surface area (Å²) in [5, 5.41) is 12.5. The first kappa shape index (κ1) is 14.3. The van der Waals surface area contributed by atoms with Crippen molar-refractivity contribution in [3.8, 4) is 5.75 Å². The summed E-state index contributed by atoms with van der Waals surface area (Å²) in [6, 6.07) is 4.29. The van der Waals surface area contributed by atoms with E-state index in [1.54, 1.807) is 0 Å². The lowest BCUT2D eigenvalue weighted by atomic mass is 10.0. The summed E-state index contributed by atoms with van der Waals surface area (Å²) in [6.45, 7) is 5.76. The molecule has 0 saturated carbocycles. The summed E-state index contributed by atoms with van der Waals surface area (Å²) in [5.74, 6) is -0.286. The van der Waals surface area contributed by atoms with Crippen molar-refractivity contribution in [3.05, 3.63) is 28.8 Å². The van der Waals surface area contributed by atoms with E-state index in [4.69, 9.17) is 11.6 Å². The van der Waals surface area contributed by atoms with Gasteiger partial charge in [-0.15, -0.1) is 0 Å². The van der Waals surface area contributed by atoms with E-state index < -0.39 is 5.54 Å². The van der Waals surface area contributed by atoms with E-state index in [0.717, 1.165) is 0 Å². The predicted molar refractivity (Wildman–Crippen MR) is 73.1 cm³/mol. The molecule has 0 fully saturated rings. The van der Waals surface area contributed by atoms with Gasteiger partial charge in [0, 0.05) is 10.4 Å². The Balaban J connectivity index is 2.94. The van der Waals surface area contributed by atoms with Crippen LogP contribution >= 0.6 is 27.5 Å². The Morgan fingerprint density at radius 2 is 2.12 bits per heavy atom. The lowest BCUT2D eigenvalue weighted by molar-refractivity contribution is 0.0913. The zero-order chi connectivity index (χ0) is 13.2. The highest BCUT2D eigenvalue weighted by Crippen LogP contribution is 2.23. The quantitative estimate of drug-likeness (QED) is 0.839. The second-order valence-electron chi connectivity index (χ2n) is 4.46. The number of phenolic OH excluding ortho intramolecular Hbond substituents is 1. The van der Waals surface area contributed by atoms with Gasteiger partial charge in [-0.25, -0.2) is 0 Å². The van der Waals surface area contributed by atoms with Crippen LogP contribution in [0.3, 0.4) is 0 Å². The number of phenols is 1. The molecule has 0 aliphatic carbocycles. The standard InChI is InChI=1S/C12H15BrClNO2/c1-7(13)12(2,3)15-11(17)9-6-8(16)4-5-10(9)14/h4-7,16H,1-3H3,(H,15,17). The Kier molecular flexibility index (Phi) is 4.44. The third-order valence-corrected chi connectivity index (χ3v) is 4.10. The lowest BCUT2D eigenvalue weighted by Gasteiger charge is -2.29. The second kappa shape index (κ2) is 5.27. The number of benzene rings is 1. The minimum Gasteiger partial charge on any atom is -0.508 e. The van der Waals surface area contributed by atoms with Gasteiger partial charge < -0.3 is 10.4 Å². The first-order chi connectivity index (χ1) is 7.74. The van der Waals surface area contributed by atoms with Crippen LogP contribution in [0.25, 0.3) is 0 Å². The van der Waals surface area contributed by atoms with Crippen molar-refractivity contribution in [2.24, 2.45) is 0 Å². The molecule has 1 aromatic rings. The number of aromatic hydroxyl groups is 1. The molecule has 0 saturated heterocycles. The van der Waals surface area contributed by atoms with Gasteiger partial charge in [0.25, 0.3) is 5.91 Å². The minimum atomic E-state index is -0.411. The number of hydrogen-bond acceptors (Lipinski definition) is 2. The van der Waals surface area contributed by atoms with E-state index in [9.17, 15) is 9.90 Å². The van der Waals surface area contributed by atoms with Crippen molar-refractivity contribution < 1.29 is 9.90 Å². The molecule has 0 aliphatic rings. The number of carbonyl (C=O) groups is 1. The Hall–Kier alpha value is -0.740. The molecule has 1 unspecified atom stereocenters. The molecule has 17 heavy (non-hydrogen) atoms. The highest BCUT2D eigenvalue weighted by Gasteiger charge is 2.26. The molecule has 1 atom stereocenters. The van der Waals surface area contributed by atoms with Crippen LogP contribution in [0.5, 0.6) is 5.75 Å². The summed E-state index contributed by atoms with van der Waals surface area (Å²) in [7, 11) is 0. The molecule has 94 valence electrons. The highest BCUT2D eigenvalue weighted by atomic mass is 79.9. The van der Waals surface area contributed by atoms with E-state index in [1.165, 1.54) is 18.2 Å². The van der Waals surface area contributed by atoms with Crippen molar-refractivity contribution >= 4 is 33.4 Å². The number of nitrogens with one attached hydrogen (secondary N) is 1. The molecule has 0 bridgehead atoms. The molecular formula is C12H15BrClNO2. The maximum Gasteiger partial charge on any atom is 0.253 e. The van der Waals surface area contributed by atoms with E-state index >= 15 is 0 Å². The summed E-state index contributed by atoms with van der Waals surface area (Å²) >= 11 is 9.35. The van der Waals surface area contributed by atoms with Gasteiger partial charge in [-0.2, -0.15) is 0 Å². The van der Waals surface area contributed by atoms with E-state index in [-0.39, 0.29) is 22.0 Å². The Labute approximate surface area is 114 Å². The molecule has 1 aromatic carbocycles.